The first-order valence-electron chi connectivity index (χ1n) is 6.88. The average Bonchev–Trinajstić information content (AvgIpc) is 2.94. The predicted octanol–water partition coefficient (Wildman–Crippen LogP) is 4.35. The number of aromatic nitrogens is 2. The van der Waals surface area contributed by atoms with Crippen molar-refractivity contribution < 1.29 is 4.39 Å². The fourth-order valence-electron chi connectivity index (χ4n) is 3.20. The molecule has 0 bridgehead atoms. The fourth-order valence-corrected chi connectivity index (χ4v) is 3.40. The molecule has 0 aliphatic heterocycles. The average molecular weight is 281 g/mol. The second kappa shape index (κ2) is 5.12. The van der Waals surface area contributed by atoms with E-state index in [9.17, 15) is 4.39 Å². The maximum atomic E-state index is 13.4. The van der Waals surface area contributed by atoms with Crippen LogP contribution < -0.4 is 0 Å². The monoisotopic (exact) mass is 280 g/mol. The zero-order valence-corrected chi connectivity index (χ0v) is 11.8. The van der Waals surface area contributed by atoms with Gasteiger partial charge in [-0.2, -0.15) is 0 Å². The molecule has 0 amide bonds. The summed E-state index contributed by atoms with van der Waals surface area (Å²) in [6, 6.07) is 4.75. The summed E-state index contributed by atoms with van der Waals surface area (Å²) in [5.74, 6) is 2.48. The van der Waals surface area contributed by atoms with Crippen LogP contribution in [0.1, 0.15) is 32.0 Å². The number of hydrogen-bond acceptors (Lipinski definition) is 1. The van der Waals surface area contributed by atoms with Crippen LogP contribution in [0.5, 0.6) is 0 Å². The van der Waals surface area contributed by atoms with E-state index in [1.54, 1.807) is 12.1 Å². The number of imidazole rings is 1. The summed E-state index contributed by atoms with van der Waals surface area (Å²) in [7, 11) is 0. The highest BCUT2D eigenvalue weighted by molar-refractivity contribution is 6.16. The van der Waals surface area contributed by atoms with Crippen molar-refractivity contribution in [2.45, 2.75) is 38.6 Å². The molecule has 2 unspecified atom stereocenters. The van der Waals surface area contributed by atoms with Gasteiger partial charge in [-0.25, -0.2) is 9.37 Å². The Morgan fingerprint density at radius 2 is 2.26 bits per heavy atom. The van der Waals surface area contributed by atoms with E-state index in [-0.39, 0.29) is 5.82 Å². The molecule has 0 N–H and O–H groups in total. The molecule has 2 atom stereocenters. The molecule has 1 fully saturated rings. The standard InChI is InChI=1S/C15H18ClFN2/c1-10-2-3-11(6-10)9-19-14-7-12(17)4-5-13(14)18-15(19)8-16/h4-5,7,10-11H,2-3,6,8-9H2,1H3. The third kappa shape index (κ3) is 2.48. The lowest BCUT2D eigenvalue weighted by Gasteiger charge is -2.13. The van der Waals surface area contributed by atoms with Gasteiger partial charge in [0, 0.05) is 6.54 Å². The molecule has 2 aromatic rings. The van der Waals surface area contributed by atoms with E-state index in [1.807, 2.05) is 0 Å². The van der Waals surface area contributed by atoms with E-state index in [4.69, 9.17) is 11.6 Å². The van der Waals surface area contributed by atoms with Crippen molar-refractivity contribution in [2.24, 2.45) is 11.8 Å². The third-order valence-electron chi connectivity index (χ3n) is 4.15. The first kappa shape index (κ1) is 12.9. The van der Waals surface area contributed by atoms with Gasteiger partial charge in [-0.3, -0.25) is 0 Å². The van der Waals surface area contributed by atoms with Crippen LogP contribution in [0.15, 0.2) is 18.2 Å². The maximum Gasteiger partial charge on any atom is 0.125 e. The van der Waals surface area contributed by atoms with Crippen molar-refractivity contribution in [3.63, 3.8) is 0 Å². The number of benzene rings is 1. The third-order valence-corrected chi connectivity index (χ3v) is 4.39. The van der Waals surface area contributed by atoms with Crippen LogP contribution in [0, 0.1) is 17.7 Å². The minimum atomic E-state index is -0.213. The lowest BCUT2D eigenvalue weighted by molar-refractivity contribution is 0.441. The zero-order valence-electron chi connectivity index (χ0n) is 11.1. The molecule has 0 spiro atoms. The van der Waals surface area contributed by atoms with Crippen molar-refractivity contribution in [3.8, 4) is 0 Å². The fraction of sp³-hybridized carbons (Fsp3) is 0.533. The van der Waals surface area contributed by atoms with E-state index in [1.165, 1.54) is 25.3 Å². The Morgan fingerprint density at radius 3 is 2.95 bits per heavy atom. The van der Waals surface area contributed by atoms with E-state index in [0.717, 1.165) is 29.3 Å². The van der Waals surface area contributed by atoms with Gasteiger partial charge in [0.15, 0.2) is 0 Å². The largest absolute Gasteiger partial charge is 0.327 e. The molecule has 0 saturated heterocycles. The highest BCUT2D eigenvalue weighted by Crippen LogP contribution is 2.33. The highest BCUT2D eigenvalue weighted by atomic mass is 35.5. The van der Waals surface area contributed by atoms with E-state index in [0.29, 0.717) is 11.8 Å². The summed E-state index contributed by atoms with van der Waals surface area (Å²) in [5.41, 5.74) is 1.71. The number of fused-ring (bicyclic) bond motifs is 1. The molecule has 0 radical (unpaired) electrons. The summed E-state index contributed by atoms with van der Waals surface area (Å²) in [4.78, 5) is 4.50. The van der Waals surface area contributed by atoms with Crippen LogP contribution in [0.2, 0.25) is 0 Å². The molecule has 1 aromatic heterocycles. The number of halogens is 2. The quantitative estimate of drug-likeness (QED) is 0.764. The Morgan fingerprint density at radius 1 is 1.42 bits per heavy atom. The Bertz CT molecular complexity index is 593. The van der Waals surface area contributed by atoms with Crippen LogP contribution in [0.25, 0.3) is 11.0 Å². The maximum absolute atomic E-state index is 13.4. The molecule has 1 heterocycles. The van der Waals surface area contributed by atoms with Gasteiger partial charge >= 0.3 is 0 Å². The normalized spacial score (nSPS) is 23.3. The second-order valence-electron chi connectivity index (χ2n) is 5.69. The minimum Gasteiger partial charge on any atom is -0.327 e. The first-order valence-corrected chi connectivity index (χ1v) is 7.41. The summed E-state index contributed by atoms with van der Waals surface area (Å²) >= 11 is 5.98. The highest BCUT2D eigenvalue weighted by Gasteiger charge is 2.23. The number of alkyl halides is 1. The van der Waals surface area contributed by atoms with Crippen molar-refractivity contribution in [1.82, 2.24) is 9.55 Å². The molecule has 2 nitrogen and oxygen atoms in total. The number of hydrogen-bond donors (Lipinski definition) is 0. The van der Waals surface area contributed by atoms with Crippen LogP contribution in [-0.2, 0) is 12.4 Å². The molecule has 3 rings (SSSR count). The van der Waals surface area contributed by atoms with E-state index >= 15 is 0 Å². The van der Waals surface area contributed by atoms with Gasteiger partial charge in [0.2, 0.25) is 0 Å². The SMILES string of the molecule is CC1CCC(Cn2c(CCl)nc3ccc(F)cc32)C1. The van der Waals surface area contributed by atoms with Crippen LogP contribution in [0.4, 0.5) is 4.39 Å². The van der Waals surface area contributed by atoms with Gasteiger partial charge in [-0.15, -0.1) is 11.6 Å². The Labute approximate surface area is 117 Å². The molecule has 19 heavy (non-hydrogen) atoms. The van der Waals surface area contributed by atoms with Gasteiger partial charge in [0.25, 0.3) is 0 Å². The van der Waals surface area contributed by atoms with E-state index < -0.39 is 0 Å². The van der Waals surface area contributed by atoms with Gasteiger partial charge in [0.05, 0.1) is 16.9 Å². The number of nitrogens with zero attached hydrogens (tertiary/aromatic N) is 2. The van der Waals surface area contributed by atoms with Gasteiger partial charge in [0.1, 0.15) is 11.6 Å². The predicted molar refractivity (Wildman–Crippen MR) is 75.8 cm³/mol. The first-order chi connectivity index (χ1) is 9.17. The Hall–Kier alpha value is -1.09. The molecular formula is C15H18ClFN2. The molecule has 4 heteroatoms. The van der Waals surface area contributed by atoms with Gasteiger partial charge in [-0.1, -0.05) is 13.3 Å². The lowest BCUT2D eigenvalue weighted by Crippen LogP contribution is -2.10. The van der Waals surface area contributed by atoms with Crippen LogP contribution in [0.3, 0.4) is 0 Å². The lowest BCUT2D eigenvalue weighted by atomic mass is 10.1. The Balaban J connectivity index is 1.98. The topological polar surface area (TPSA) is 17.8 Å². The smallest absolute Gasteiger partial charge is 0.125 e. The van der Waals surface area contributed by atoms with Crippen molar-refractivity contribution in [3.05, 3.63) is 29.8 Å². The van der Waals surface area contributed by atoms with E-state index in [2.05, 4.69) is 16.5 Å². The molecule has 1 aliphatic carbocycles. The molecule has 1 aromatic carbocycles. The molecule has 102 valence electrons. The summed E-state index contributed by atoms with van der Waals surface area (Å²) in [6.45, 7) is 3.21. The van der Waals surface area contributed by atoms with Crippen molar-refractivity contribution in [1.29, 1.82) is 0 Å². The Kier molecular flexibility index (Phi) is 3.48. The van der Waals surface area contributed by atoms with Crippen LogP contribution >= 0.6 is 11.6 Å². The minimum absolute atomic E-state index is 0.213. The van der Waals surface area contributed by atoms with Gasteiger partial charge < -0.3 is 4.57 Å². The van der Waals surface area contributed by atoms with Crippen LogP contribution in [-0.4, -0.2) is 9.55 Å². The second-order valence-corrected chi connectivity index (χ2v) is 5.96. The summed E-state index contributed by atoms with van der Waals surface area (Å²) in [6.07, 6.45) is 3.79. The van der Waals surface area contributed by atoms with Gasteiger partial charge in [-0.05, 0) is 42.9 Å². The van der Waals surface area contributed by atoms with Crippen molar-refractivity contribution >= 4 is 22.6 Å². The molecule has 1 saturated carbocycles. The number of rotatable bonds is 3. The zero-order chi connectivity index (χ0) is 13.4. The molecule has 1 aliphatic rings. The summed E-state index contributed by atoms with van der Waals surface area (Å²) in [5, 5.41) is 0. The molecular weight excluding hydrogens is 263 g/mol. The summed E-state index contributed by atoms with van der Waals surface area (Å²) < 4.78 is 15.5. The van der Waals surface area contributed by atoms with Crippen molar-refractivity contribution in [2.75, 3.05) is 0 Å².